The highest BCUT2D eigenvalue weighted by molar-refractivity contribution is 7.10. The Bertz CT molecular complexity index is 1060. The summed E-state index contributed by atoms with van der Waals surface area (Å²) in [5, 5.41) is 7.76. The molecule has 0 unspecified atom stereocenters. The Morgan fingerprint density at radius 3 is 2.48 bits per heavy atom. The molecule has 2 amide bonds. The lowest BCUT2D eigenvalue weighted by Crippen LogP contribution is -2.36. The van der Waals surface area contributed by atoms with E-state index in [0.717, 1.165) is 21.8 Å². The van der Waals surface area contributed by atoms with E-state index in [0.29, 0.717) is 12.0 Å². The zero-order valence-electron chi connectivity index (χ0n) is 17.8. The smallest absolute Gasteiger partial charge is 0.268 e. The monoisotopic (exact) mass is 434 g/mol. The summed E-state index contributed by atoms with van der Waals surface area (Å²) in [4.78, 5) is 26.8. The molecule has 6 heteroatoms. The van der Waals surface area contributed by atoms with Gasteiger partial charge in [0.05, 0.1) is 13.2 Å². The molecule has 0 aliphatic carbocycles. The fraction of sp³-hybridized carbons (Fsp3) is 0.200. The lowest BCUT2D eigenvalue weighted by atomic mass is 10.0. The largest absolute Gasteiger partial charge is 0.497 e. The van der Waals surface area contributed by atoms with Crippen molar-refractivity contribution in [2.24, 2.45) is 0 Å². The Balaban J connectivity index is 1.82. The maximum absolute atomic E-state index is 13.2. The Morgan fingerprint density at radius 1 is 1.10 bits per heavy atom. The van der Waals surface area contributed by atoms with Crippen molar-refractivity contribution in [3.05, 3.63) is 93.3 Å². The molecular weight excluding hydrogens is 408 g/mol. The third kappa shape index (κ3) is 6.06. The van der Waals surface area contributed by atoms with Crippen molar-refractivity contribution in [3.63, 3.8) is 0 Å². The van der Waals surface area contributed by atoms with Gasteiger partial charge in [0.2, 0.25) is 0 Å². The molecule has 0 aliphatic heterocycles. The Morgan fingerprint density at radius 2 is 1.87 bits per heavy atom. The number of aryl methyl sites for hydroxylation is 1. The Hall–Kier alpha value is -3.38. The van der Waals surface area contributed by atoms with Gasteiger partial charge in [-0.3, -0.25) is 9.59 Å². The molecule has 5 nitrogen and oxygen atoms in total. The maximum atomic E-state index is 13.2. The standard InChI is InChI=1S/C25H26N2O3S/c1-4-22(18-10-12-20(30-3)13-11-18)26-25(29)23(16-21-9-6-14-31-21)27-24(28)19-8-5-7-17(2)15-19/h5-16,22H,4H2,1-3H3,(H,26,29)(H,27,28)/b23-16-/t22-/m1/s1. The first-order chi connectivity index (χ1) is 15.0. The topological polar surface area (TPSA) is 67.4 Å². The van der Waals surface area contributed by atoms with Gasteiger partial charge >= 0.3 is 0 Å². The summed E-state index contributed by atoms with van der Waals surface area (Å²) in [5.41, 5.74) is 2.66. The molecule has 0 saturated heterocycles. The fourth-order valence-electron chi connectivity index (χ4n) is 3.15. The molecule has 0 bridgehead atoms. The summed E-state index contributed by atoms with van der Waals surface area (Å²) < 4.78 is 5.21. The maximum Gasteiger partial charge on any atom is 0.268 e. The quantitative estimate of drug-likeness (QED) is 0.485. The van der Waals surface area contributed by atoms with Gasteiger partial charge in [0.15, 0.2) is 0 Å². The number of carbonyl (C=O) groups is 2. The number of hydrogen-bond acceptors (Lipinski definition) is 4. The first-order valence-corrected chi connectivity index (χ1v) is 11.0. The summed E-state index contributed by atoms with van der Waals surface area (Å²) in [6.45, 7) is 3.93. The van der Waals surface area contributed by atoms with Crippen molar-refractivity contribution in [2.75, 3.05) is 7.11 Å². The second kappa shape index (κ2) is 10.6. The molecular formula is C25H26N2O3S. The molecule has 0 aliphatic rings. The molecule has 160 valence electrons. The van der Waals surface area contributed by atoms with E-state index in [9.17, 15) is 9.59 Å². The average molecular weight is 435 g/mol. The Labute approximate surface area is 186 Å². The number of amides is 2. The molecule has 2 aromatic carbocycles. The van der Waals surface area contributed by atoms with Gasteiger partial charge in [-0.2, -0.15) is 0 Å². The van der Waals surface area contributed by atoms with Gasteiger partial charge in [0.25, 0.3) is 11.8 Å². The molecule has 3 rings (SSSR count). The van der Waals surface area contributed by atoms with Crippen molar-refractivity contribution >= 4 is 29.2 Å². The fourth-order valence-corrected chi connectivity index (χ4v) is 3.81. The van der Waals surface area contributed by atoms with Crippen LogP contribution in [0.5, 0.6) is 5.75 Å². The van der Waals surface area contributed by atoms with Crippen LogP contribution in [0.4, 0.5) is 0 Å². The first-order valence-electron chi connectivity index (χ1n) is 10.1. The molecule has 2 N–H and O–H groups in total. The predicted octanol–water partition coefficient (Wildman–Crippen LogP) is 5.10. The number of rotatable bonds is 8. The highest BCUT2D eigenvalue weighted by Gasteiger charge is 2.19. The zero-order chi connectivity index (χ0) is 22.2. The molecule has 31 heavy (non-hydrogen) atoms. The number of methoxy groups -OCH3 is 1. The number of thiophene rings is 1. The molecule has 3 aromatic rings. The van der Waals surface area contributed by atoms with Crippen LogP contribution in [0.2, 0.25) is 0 Å². The van der Waals surface area contributed by atoms with Crippen molar-refractivity contribution in [3.8, 4) is 5.75 Å². The van der Waals surface area contributed by atoms with E-state index < -0.39 is 0 Å². The lowest BCUT2D eigenvalue weighted by Gasteiger charge is -2.19. The number of nitrogens with one attached hydrogen (secondary N) is 2. The number of hydrogen-bond donors (Lipinski definition) is 2. The van der Waals surface area contributed by atoms with Gasteiger partial charge in [-0.1, -0.05) is 42.8 Å². The molecule has 0 fully saturated rings. The average Bonchev–Trinajstić information content (AvgIpc) is 3.30. The van der Waals surface area contributed by atoms with Crippen LogP contribution < -0.4 is 15.4 Å². The van der Waals surface area contributed by atoms with Crippen molar-refractivity contribution < 1.29 is 14.3 Å². The second-order valence-electron chi connectivity index (χ2n) is 7.10. The molecule has 1 heterocycles. The Kier molecular flexibility index (Phi) is 7.62. The third-order valence-corrected chi connectivity index (χ3v) is 5.65. The van der Waals surface area contributed by atoms with Crippen LogP contribution in [-0.2, 0) is 4.79 Å². The highest BCUT2D eigenvalue weighted by Crippen LogP contribution is 2.21. The predicted molar refractivity (Wildman–Crippen MR) is 125 cm³/mol. The zero-order valence-corrected chi connectivity index (χ0v) is 18.7. The summed E-state index contributed by atoms with van der Waals surface area (Å²) >= 11 is 1.50. The first kappa shape index (κ1) is 22.3. The molecule has 0 saturated carbocycles. The van der Waals surface area contributed by atoms with E-state index in [1.165, 1.54) is 11.3 Å². The van der Waals surface area contributed by atoms with Crippen molar-refractivity contribution in [2.45, 2.75) is 26.3 Å². The van der Waals surface area contributed by atoms with Crippen LogP contribution in [0.3, 0.4) is 0 Å². The summed E-state index contributed by atoms with van der Waals surface area (Å²) in [6, 6.07) is 18.5. The van der Waals surface area contributed by atoms with Crippen LogP contribution in [0.25, 0.3) is 6.08 Å². The van der Waals surface area contributed by atoms with E-state index in [1.807, 2.05) is 67.8 Å². The van der Waals surface area contributed by atoms with Crippen LogP contribution in [-0.4, -0.2) is 18.9 Å². The van der Waals surface area contributed by atoms with Crippen molar-refractivity contribution in [1.82, 2.24) is 10.6 Å². The third-order valence-electron chi connectivity index (χ3n) is 4.83. The van der Waals surface area contributed by atoms with E-state index in [4.69, 9.17) is 4.74 Å². The summed E-state index contributed by atoms with van der Waals surface area (Å²) in [7, 11) is 1.62. The number of ether oxygens (including phenoxy) is 1. The van der Waals surface area contributed by atoms with E-state index in [-0.39, 0.29) is 23.6 Å². The summed E-state index contributed by atoms with van der Waals surface area (Å²) in [5.74, 6) is 0.102. The van der Waals surface area contributed by atoms with Gasteiger partial charge in [0.1, 0.15) is 11.4 Å². The van der Waals surface area contributed by atoms with Crippen LogP contribution in [0, 0.1) is 6.92 Å². The van der Waals surface area contributed by atoms with Gasteiger partial charge in [0, 0.05) is 10.4 Å². The van der Waals surface area contributed by atoms with E-state index >= 15 is 0 Å². The molecule has 0 spiro atoms. The van der Waals surface area contributed by atoms with Gasteiger partial charge in [-0.15, -0.1) is 11.3 Å². The molecule has 1 atom stereocenters. The van der Waals surface area contributed by atoms with Crippen molar-refractivity contribution in [1.29, 1.82) is 0 Å². The molecule has 1 aromatic heterocycles. The minimum atomic E-state index is -0.336. The second-order valence-corrected chi connectivity index (χ2v) is 8.08. The van der Waals surface area contributed by atoms with Gasteiger partial charge in [-0.25, -0.2) is 0 Å². The number of benzene rings is 2. The van der Waals surface area contributed by atoms with Crippen LogP contribution >= 0.6 is 11.3 Å². The van der Waals surface area contributed by atoms with Gasteiger partial charge < -0.3 is 15.4 Å². The lowest BCUT2D eigenvalue weighted by molar-refractivity contribution is -0.118. The SMILES string of the molecule is CC[C@@H](NC(=O)/C(=C/c1cccs1)NC(=O)c1cccc(C)c1)c1ccc(OC)cc1. The van der Waals surface area contributed by atoms with Crippen LogP contribution in [0.1, 0.15) is 45.7 Å². The highest BCUT2D eigenvalue weighted by atomic mass is 32.1. The van der Waals surface area contributed by atoms with E-state index in [2.05, 4.69) is 10.6 Å². The van der Waals surface area contributed by atoms with E-state index in [1.54, 1.807) is 25.3 Å². The minimum absolute atomic E-state index is 0.194. The normalized spacial score (nSPS) is 12.2. The number of carbonyl (C=O) groups excluding carboxylic acids is 2. The van der Waals surface area contributed by atoms with Gasteiger partial charge in [-0.05, 0) is 60.7 Å². The minimum Gasteiger partial charge on any atom is -0.497 e. The molecule has 0 radical (unpaired) electrons. The summed E-state index contributed by atoms with van der Waals surface area (Å²) in [6.07, 6.45) is 2.41. The van der Waals surface area contributed by atoms with Crippen LogP contribution in [0.15, 0.2) is 71.7 Å².